The number of hydrogen-bond acceptors (Lipinski definition) is 4. The quantitative estimate of drug-likeness (QED) is 0.897. The molecule has 0 bridgehead atoms. The van der Waals surface area contributed by atoms with Crippen molar-refractivity contribution in [2.45, 2.75) is 12.8 Å². The summed E-state index contributed by atoms with van der Waals surface area (Å²) >= 11 is 0. The van der Waals surface area contributed by atoms with Gasteiger partial charge in [-0.05, 0) is 12.1 Å². The SMILES string of the molecule is CS(=O)(=O)Nc1ccccc1C(=O)N1CCC(=O)CC1. The second-order valence-electron chi connectivity index (χ2n) is 4.75. The molecule has 0 radical (unpaired) electrons. The van der Waals surface area contributed by atoms with Gasteiger partial charge >= 0.3 is 0 Å². The van der Waals surface area contributed by atoms with E-state index in [0.717, 1.165) is 6.26 Å². The molecule has 0 aromatic heterocycles. The third-order valence-corrected chi connectivity index (χ3v) is 3.65. The van der Waals surface area contributed by atoms with Crippen LogP contribution in [-0.2, 0) is 14.8 Å². The Morgan fingerprint density at radius 3 is 2.40 bits per heavy atom. The van der Waals surface area contributed by atoms with Gasteiger partial charge in [0, 0.05) is 25.9 Å². The second-order valence-corrected chi connectivity index (χ2v) is 6.50. The Labute approximate surface area is 117 Å². The first kappa shape index (κ1) is 14.5. The fourth-order valence-electron chi connectivity index (χ4n) is 2.09. The number of likely N-dealkylation sites (tertiary alicyclic amines) is 1. The molecule has 1 aliphatic rings. The zero-order valence-corrected chi connectivity index (χ0v) is 11.9. The lowest BCUT2D eigenvalue weighted by Gasteiger charge is -2.26. The minimum absolute atomic E-state index is 0.150. The predicted molar refractivity (Wildman–Crippen MR) is 75.1 cm³/mol. The van der Waals surface area contributed by atoms with E-state index in [1.807, 2.05) is 0 Å². The number of rotatable bonds is 3. The molecule has 6 nitrogen and oxygen atoms in total. The maximum atomic E-state index is 12.4. The molecular formula is C13H16N2O4S. The van der Waals surface area contributed by atoms with Gasteiger partial charge in [0.25, 0.3) is 5.91 Å². The average molecular weight is 296 g/mol. The smallest absolute Gasteiger partial charge is 0.256 e. The van der Waals surface area contributed by atoms with Crippen molar-refractivity contribution in [3.63, 3.8) is 0 Å². The van der Waals surface area contributed by atoms with Crippen molar-refractivity contribution in [1.82, 2.24) is 4.90 Å². The fourth-order valence-corrected chi connectivity index (χ4v) is 2.67. The Bertz CT molecular complexity index is 630. The van der Waals surface area contributed by atoms with Gasteiger partial charge in [-0.2, -0.15) is 0 Å². The van der Waals surface area contributed by atoms with E-state index in [1.54, 1.807) is 29.2 Å². The van der Waals surface area contributed by atoms with Crippen molar-refractivity contribution in [1.29, 1.82) is 0 Å². The molecule has 2 rings (SSSR count). The number of sulfonamides is 1. The van der Waals surface area contributed by atoms with Crippen molar-refractivity contribution >= 4 is 27.4 Å². The Balaban J connectivity index is 2.24. The third-order valence-electron chi connectivity index (χ3n) is 3.06. The number of benzene rings is 1. The molecule has 1 fully saturated rings. The Kier molecular flexibility index (Phi) is 4.08. The molecule has 0 aliphatic carbocycles. The zero-order chi connectivity index (χ0) is 14.8. The monoisotopic (exact) mass is 296 g/mol. The van der Waals surface area contributed by atoms with Crippen LogP contribution in [0.15, 0.2) is 24.3 Å². The summed E-state index contributed by atoms with van der Waals surface area (Å²) in [7, 11) is -3.45. The normalized spacial score (nSPS) is 16.1. The lowest BCUT2D eigenvalue weighted by atomic mass is 10.1. The van der Waals surface area contributed by atoms with E-state index in [4.69, 9.17) is 0 Å². The molecule has 1 heterocycles. The molecule has 1 aliphatic heterocycles. The molecule has 1 aromatic rings. The number of amides is 1. The molecule has 1 amide bonds. The summed E-state index contributed by atoms with van der Waals surface area (Å²) < 4.78 is 25.0. The van der Waals surface area contributed by atoms with E-state index in [1.165, 1.54) is 0 Å². The van der Waals surface area contributed by atoms with Crippen molar-refractivity contribution in [3.8, 4) is 0 Å². The Hall–Kier alpha value is -1.89. The van der Waals surface area contributed by atoms with Crippen molar-refractivity contribution in [2.75, 3.05) is 24.1 Å². The van der Waals surface area contributed by atoms with Crippen LogP contribution >= 0.6 is 0 Å². The van der Waals surface area contributed by atoms with E-state index >= 15 is 0 Å². The van der Waals surface area contributed by atoms with Gasteiger partial charge in [-0.1, -0.05) is 12.1 Å². The van der Waals surface area contributed by atoms with Crippen LogP contribution < -0.4 is 4.72 Å². The third kappa shape index (κ3) is 3.57. The van der Waals surface area contributed by atoms with E-state index in [-0.39, 0.29) is 17.4 Å². The van der Waals surface area contributed by atoms with Gasteiger partial charge in [-0.15, -0.1) is 0 Å². The Morgan fingerprint density at radius 2 is 1.80 bits per heavy atom. The van der Waals surface area contributed by atoms with Crippen molar-refractivity contribution < 1.29 is 18.0 Å². The summed E-state index contributed by atoms with van der Waals surface area (Å²) in [5.41, 5.74) is 0.559. The van der Waals surface area contributed by atoms with Crippen LogP contribution in [-0.4, -0.2) is 44.4 Å². The second kappa shape index (κ2) is 5.62. The summed E-state index contributed by atoms with van der Waals surface area (Å²) in [5.74, 6) is -0.110. The summed E-state index contributed by atoms with van der Waals surface area (Å²) in [6.45, 7) is 0.760. The number of Topliss-reactive ketones (excluding diaryl/α,β-unsaturated/α-hetero) is 1. The number of carbonyl (C=O) groups excluding carboxylic acids is 2. The standard InChI is InChI=1S/C13H16N2O4S/c1-20(18,19)14-12-5-3-2-4-11(12)13(17)15-8-6-10(16)7-9-15/h2-5,14H,6-9H2,1H3. The average Bonchev–Trinajstić information content (AvgIpc) is 2.37. The zero-order valence-electron chi connectivity index (χ0n) is 11.1. The summed E-state index contributed by atoms with van der Waals surface area (Å²) in [6, 6.07) is 6.45. The molecule has 0 saturated carbocycles. The summed E-state index contributed by atoms with van der Waals surface area (Å²) in [6.07, 6.45) is 1.74. The van der Waals surface area contributed by atoms with E-state index in [0.29, 0.717) is 31.5 Å². The van der Waals surface area contributed by atoms with Gasteiger partial charge in [-0.25, -0.2) is 8.42 Å². The highest BCUT2D eigenvalue weighted by atomic mass is 32.2. The van der Waals surface area contributed by atoms with E-state index < -0.39 is 10.0 Å². The van der Waals surface area contributed by atoms with Crippen LogP contribution in [0.1, 0.15) is 23.2 Å². The highest BCUT2D eigenvalue weighted by molar-refractivity contribution is 7.92. The maximum Gasteiger partial charge on any atom is 0.256 e. The van der Waals surface area contributed by atoms with Crippen LogP contribution in [0.2, 0.25) is 0 Å². The van der Waals surface area contributed by atoms with E-state index in [9.17, 15) is 18.0 Å². The number of nitrogens with one attached hydrogen (secondary N) is 1. The number of para-hydroxylation sites is 1. The van der Waals surface area contributed by atoms with Crippen LogP contribution in [0.5, 0.6) is 0 Å². The first-order valence-corrected chi connectivity index (χ1v) is 8.14. The van der Waals surface area contributed by atoms with E-state index in [2.05, 4.69) is 4.72 Å². The first-order chi connectivity index (χ1) is 9.37. The number of nitrogens with zero attached hydrogens (tertiary/aromatic N) is 1. The number of carbonyl (C=O) groups is 2. The molecule has 1 N–H and O–H groups in total. The highest BCUT2D eigenvalue weighted by Crippen LogP contribution is 2.20. The molecule has 1 aromatic carbocycles. The van der Waals surface area contributed by atoms with Crippen molar-refractivity contribution in [2.24, 2.45) is 0 Å². The molecule has 0 atom stereocenters. The maximum absolute atomic E-state index is 12.4. The predicted octanol–water partition coefficient (Wildman–Crippen LogP) is 0.863. The fraction of sp³-hybridized carbons (Fsp3) is 0.385. The van der Waals surface area contributed by atoms with Gasteiger partial charge in [0.15, 0.2) is 0 Å². The molecule has 0 unspecified atom stereocenters. The topological polar surface area (TPSA) is 83.6 Å². The molecule has 20 heavy (non-hydrogen) atoms. The van der Waals surface area contributed by atoms with Crippen LogP contribution in [0.4, 0.5) is 5.69 Å². The van der Waals surface area contributed by atoms with Crippen LogP contribution in [0.25, 0.3) is 0 Å². The Morgan fingerprint density at radius 1 is 1.20 bits per heavy atom. The summed E-state index contributed by atoms with van der Waals surface area (Å²) in [4.78, 5) is 25.2. The van der Waals surface area contributed by atoms with Gasteiger partial charge in [0.1, 0.15) is 5.78 Å². The highest BCUT2D eigenvalue weighted by Gasteiger charge is 2.24. The number of piperidine rings is 1. The van der Waals surface area contributed by atoms with Crippen LogP contribution in [0, 0.1) is 0 Å². The van der Waals surface area contributed by atoms with Gasteiger partial charge < -0.3 is 4.90 Å². The van der Waals surface area contributed by atoms with Gasteiger partial charge in [0.05, 0.1) is 17.5 Å². The summed E-state index contributed by atoms with van der Waals surface area (Å²) in [5, 5.41) is 0. The molecule has 7 heteroatoms. The number of hydrogen-bond donors (Lipinski definition) is 1. The molecular weight excluding hydrogens is 280 g/mol. The largest absolute Gasteiger partial charge is 0.338 e. The lowest BCUT2D eigenvalue weighted by molar-refractivity contribution is -0.120. The molecule has 1 saturated heterocycles. The minimum Gasteiger partial charge on any atom is -0.338 e. The number of ketones is 1. The minimum atomic E-state index is -3.45. The molecule has 0 spiro atoms. The number of anilines is 1. The van der Waals surface area contributed by atoms with Crippen LogP contribution in [0.3, 0.4) is 0 Å². The van der Waals surface area contributed by atoms with Gasteiger partial charge in [0.2, 0.25) is 10.0 Å². The first-order valence-electron chi connectivity index (χ1n) is 6.24. The van der Waals surface area contributed by atoms with Gasteiger partial charge in [-0.3, -0.25) is 14.3 Å². The lowest BCUT2D eigenvalue weighted by Crippen LogP contribution is -2.38. The van der Waals surface area contributed by atoms with Crippen molar-refractivity contribution in [3.05, 3.63) is 29.8 Å². The molecule has 108 valence electrons.